The van der Waals surface area contributed by atoms with Gasteiger partial charge in [0.05, 0.1) is 0 Å². The monoisotopic (exact) mass is 217 g/mol. The second-order valence-electron chi connectivity index (χ2n) is 3.23. The van der Waals surface area contributed by atoms with E-state index in [1.54, 1.807) is 0 Å². The Morgan fingerprint density at radius 1 is 1.62 bits per heavy atom. The zero-order chi connectivity index (χ0) is 9.36. The first-order chi connectivity index (χ1) is 6.43. The molecule has 1 aliphatic rings. The van der Waals surface area contributed by atoms with Crippen LogP contribution in [-0.2, 0) is 0 Å². The average molecular weight is 217 g/mol. The van der Waals surface area contributed by atoms with Crippen LogP contribution in [0.1, 0.15) is 12.8 Å². The number of thioether (sulfide) groups is 2. The molecule has 1 saturated heterocycles. The van der Waals surface area contributed by atoms with Crippen LogP contribution in [0.2, 0.25) is 0 Å². The predicted octanol–water partition coefficient (Wildman–Crippen LogP) is 2.39. The second-order valence-corrected chi connectivity index (χ2v) is 5.53. The standard InChI is InChI=1S/C10H19NS2/c1-2-6-12-8-5-11-10-4-3-7-13-9-10/h2,10-11H,1,3-9H2. The summed E-state index contributed by atoms with van der Waals surface area (Å²) in [5.41, 5.74) is 0. The maximum Gasteiger partial charge on any atom is 0.0158 e. The van der Waals surface area contributed by atoms with E-state index in [2.05, 4.69) is 23.7 Å². The van der Waals surface area contributed by atoms with Gasteiger partial charge >= 0.3 is 0 Å². The quantitative estimate of drug-likeness (QED) is 0.542. The minimum Gasteiger partial charge on any atom is -0.312 e. The van der Waals surface area contributed by atoms with Gasteiger partial charge in [-0.15, -0.1) is 6.58 Å². The lowest BCUT2D eigenvalue weighted by Crippen LogP contribution is -2.35. The fraction of sp³-hybridized carbons (Fsp3) is 0.800. The van der Waals surface area contributed by atoms with Crippen molar-refractivity contribution in [2.24, 2.45) is 0 Å². The van der Waals surface area contributed by atoms with Crippen LogP contribution in [0, 0.1) is 0 Å². The van der Waals surface area contributed by atoms with Crippen LogP contribution in [0.15, 0.2) is 12.7 Å². The molecule has 0 saturated carbocycles. The van der Waals surface area contributed by atoms with Crippen LogP contribution in [0.25, 0.3) is 0 Å². The van der Waals surface area contributed by atoms with E-state index in [-0.39, 0.29) is 0 Å². The Morgan fingerprint density at radius 3 is 3.23 bits per heavy atom. The molecular formula is C10H19NS2. The minimum absolute atomic E-state index is 0.781. The van der Waals surface area contributed by atoms with E-state index in [4.69, 9.17) is 0 Å². The highest BCUT2D eigenvalue weighted by Crippen LogP contribution is 2.16. The zero-order valence-corrected chi connectivity index (χ0v) is 9.76. The average Bonchev–Trinajstić information content (AvgIpc) is 2.19. The smallest absolute Gasteiger partial charge is 0.0158 e. The maximum atomic E-state index is 3.70. The molecular weight excluding hydrogens is 198 g/mol. The van der Waals surface area contributed by atoms with Crippen LogP contribution in [0.4, 0.5) is 0 Å². The molecule has 1 rings (SSSR count). The molecule has 3 heteroatoms. The summed E-state index contributed by atoms with van der Waals surface area (Å²) in [5, 5.41) is 3.60. The summed E-state index contributed by atoms with van der Waals surface area (Å²) in [5.74, 6) is 4.98. The van der Waals surface area contributed by atoms with E-state index in [0.29, 0.717) is 0 Å². The highest BCUT2D eigenvalue weighted by Gasteiger charge is 2.11. The first-order valence-corrected chi connectivity index (χ1v) is 7.24. The molecule has 0 spiro atoms. The van der Waals surface area contributed by atoms with Crippen LogP contribution in [0.5, 0.6) is 0 Å². The zero-order valence-electron chi connectivity index (χ0n) is 8.13. The summed E-state index contributed by atoms with van der Waals surface area (Å²) in [4.78, 5) is 0. The van der Waals surface area contributed by atoms with E-state index in [1.165, 1.54) is 30.1 Å². The van der Waals surface area contributed by atoms with Gasteiger partial charge in [0.2, 0.25) is 0 Å². The first kappa shape index (κ1) is 11.5. The maximum absolute atomic E-state index is 3.70. The number of rotatable bonds is 6. The van der Waals surface area contributed by atoms with Gasteiger partial charge in [-0.05, 0) is 18.6 Å². The van der Waals surface area contributed by atoms with Gasteiger partial charge in [-0.2, -0.15) is 23.5 Å². The number of hydrogen-bond donors (Lipinski definition) is 1. The Hall–Kier alpha value is 0.400. The molecule has 13 heavy (non-hydrogen) atoms. The van der Waals surface area contributed by atoms with E-state index < -0.39 is 0 Å². The summed E-state index contributed by atoms with van der Waals surface area (Å²) >= 11 is 4.04. The SMILES string of the molecule is C=CCSCCNC1CCCSC1. The predicted molar refractivity (Wildman–Crippen MR) is 65.9 cm³/mol. The van der Waals surface area contributed by atoms with Gasteiger partial charge in [0, 0.05) is 29.8 Å². The van der Waals surface area contributed by atoms with Crippen LogP contribution in [0.3, 0.4) is 0 Å². The Bertz CT molecular complexity index is 133. The lowest BCUT2D eigenvalue weighted by molar-refractivity contribution is 0.525. The highest BCUT2D eigenvalue weighted by atomic mass is 32.2. The largest absolute Gasteiger partial charge is 0.312 e. The van der Waals surface area contributed by atoms with Gasteiger partial charge in [-0.3, -0.25) is 0 Å². The molecule has 0 amide bonds. The van der Waals surface area contributed by atoms with Gasteiger partial charge in [-0.1, -0.05) is 6.08 Å². The summed E-state index contributed by atoms with van der Waals surface area (Å²) in [6.07, 6.45) is 4.74. The molecule has 0 bridgehead atoms. The van der Waals surface area contributed by atoms with Crippen molar-refractivity contribution in [3.8, 4) is 0 Å². The van der Waals surface area contributed by atoms with Gasteiger partial charge < -0.3 is 5.32 Å². The molecule has 1 aliphatic heterocycles. The van der Waals surface area contributed by atoms with Crippen LogP contribution in [-0.4, -0.2) is 35.6 Å². The Morgan fingerprint density at radius 2 is 2.54 bits per heavy atom. The van der Waals surface area contributed by atoms with E-state index >= 15 is 0 Å². The first-order valence-electron chi connectivity index (χ1n) is 4.93. The van der Waals surface area contributed by atoms with Crippen molar-refractivity contribution >= 4 is 23.5 Å². The number of hydrogen-bond acceptors (Lipinski definition) is 3. The molecule has 1 fully saturated rings. The molecule has 1 N–H and O–H groups in total. The highest BCUT2D eigenvalue weighted by molar-refractivity contribution is 7.99. The third kappa shape index (κ3) is 5.66. The molecule has 1 atom stereocenters. The molecule has 0 aromatic carbocycles. The van der Waals surface area contributed by atoms with Crippen molar-refractivity contribution in [1.29, 1.82) is 0 Å². The van der Waals surface area contributed by atoms with E-state index in [9.17, 15) is 0 Å². The Balaban J connectivity index is 1.89. The third-order valence-corrected chi connectivity index (χ3v) is 4.26. The topological polar surface area (TPSA) is 12.0 Å². The van der Waals surface area contributed by atoms with Gasteiger partial charge in [0.25, 0.3) is 0 Å². The van der Waals surface area contributed by atoms with E-state index in [0.717, 1.165) is 18.3 Å². The molecule has 0 aromatic rings. The van der Waals surface area contributed by atoms with Crippen molar-refractivity contribution in [3.05, 3.63) is 12.7 Å². The van der Waals surface area contributed by atoms with Crippen molar-refractivity contribution < 1.29 is 0 Å². The van der Waals surface area contributed by atoms with Gasteiger partial charge in [0.1, 0.15) is 0 Å². The summed E-state index contributed by atoms with van der Waals surface area (Å²) in [6.45, 7) is 4.86. The second kappa shape index (κ2) is 7.77. The summed E-state index contributed by atoms with van der Waals surface area (Å²) < 4.78 is 0. The van der Waals surface area contributed by atoms with Crippen molar-refractivity contribution in [3.63, 3.8) is 0 Å². The number of nitrogens with one attached hydrogen (secondary N) is 1. The molecule has 0 radical (unpaired) electrons. The van der Waals surface area contributed by atoms with Crippen molar-refractivity contribution in [1.82, 2.24) is 5.32 Å². The fourth-order valence-electron chi connectivity index (χ4n) is 1.40. The van der Waals surface area contributed by atoms with E-state index in [1.807, 2.05) is 17.8 Å². The lowest BCUT2D eigenvalue weighted by Gasteiger charge is -2.22. The summed E-state index contributed by atoms with van der Waals surface area (Å²) in [7, 11) is 0. The fourth-order valence-corrected chi connectivity index (χ4v) is 3.11. The molecule has 0 aromatic heterocycles. The molecule has 1 nitrogen and oxygen atoms in total. The normalized spacial score (nSPS) is 22.9. The third-order valence-electron chi connectivity index (χ3n) is 2.08. The Kier molecular flexibility index (Phi) is 6.86. The molecule has 1 heterocycles. The molecule has 76 valence electrons. The lowest BCUT2D eigenvalue weighted by atomic mass is 10.2. The van der Waals surface area contributed by atoms with Gasteiger partial charge in [-0.25, -0.2) is 0 Å². The van der Waals surface area contributed by atoms with Gasteiger partial charge in [0.15, 0.2) is 0 Å². The van der Waals surface area contributed by atoms with Crippen molar-refractivity contribution in [2.75, 3.05) is 29.6 Å². The molecule has 0 aliphatic carbocycles. The molecule has 1 unspecified atom stereocenters. The van der Waals surface area contributed by atoms with Crippen molar-refractivity contribution in [2.45, 2.75) is 18.9 Å². The minimum atomic E-state index is 0.781. The summed E-state index contributed by atoms with van der Waals surface area (Å²) in [6, 6.07) is 0.781. The Labute approximate surface area is 90.1 Å². The van der Waals surface area contributed by atoms with Crippen LogP contribution < -0.4 is 5.32 Å². The van der Waals surface area contributed by atoms with Crippen LogP contribution >= 0.6 is 23.5 Å².